The van der Waals surface area contributed by atoms with Crippen molar-refractivity contribution in [1.82, 2.24) is 0 Å². The molecule has 0 fully saturated rings. The van der Waals surface area contributed by atoms with Crippen LogP contribution in [0.25, 0.3) is 0 Å². The monoisotopic (exact) mass is 239 g/mol. The van der Waals surface area contributed by atoms with Crippen LogP contribution >= 0.6 is 15.9 Å². The van der Waals surface area contributed by atoms with Crippen molar-refractivity contribution in [2.45, 2.75) is 12.5 Å². The van der Waals surface area contributed by atoms with Gasteiger partial charge in [0, 0.05) is 10.4 Å². The van der Waals surface area contributed by atoms with E-state index >= 15 is 0 Å². The van der Waals surface area contributed by atoms with Crippen LogP contribution in [0.5, 0.6) is 0 Å². The SMILES string of the molecule is [CH2]C(C=C)c1cc(Br)cc(CO)c1. The average molecular weight is 240 g/mol. The molecule has 1 unspecified atom stereocenters. The molecular formula is C11H12BrO. The van der Waals surface area contributed by atoms with Gasteiger partial charge in [-0.25, -0.2) is 0 Å². The highest BCUT2D eigenvalue weighted by Crippen LogP contribution is 2.22. The second-order valence-corrected chi connectivity index (χ2v) is 3.81. The average Bonchev–Trinajstić information content (AvgIpc) is 2.15. The van der Waals surface area contributed by atoms with E-state index in [2.05, 4.69) is 29.4 Å². The Hall–Kier alpha value is -0.600. The van der Waals surface area contributed by atoms with E-state index in [0.717, 1.165) is 15.6 Å². The van der Waals surface area contributed by atoms with Crippen molar-refractivity contribution in [2.24, 2.45) is 0 Å². The molecule has 13 heavy (non-hydrogen) atoms. The van der Waals surface area contributed by atoms with Crippen molar-refractivity contribution in [3.05, 3.63) is 53.4 Å². The Kier molecular flexibility index (Phi) is 3.70. The molecule has 1 atom stereocenters. The number of allylic oxidation sites excluding steroid dienone is 1. The molecule has 0 spiro atoms. The molecule has 1 N–H and O–H groups in total. The molecule has 1 aromatic rings. The van der Waals surface area contributed by atoms with Crippen LogP contribution in [0.2, 0.25) is 0 Å². The lowest BCUT2D eigenvalue weighted by Crippen LogP contribution is -1.92. The summed E-state index contributed by atoms with van der Waals surface area (Å²) in [5.41, 5.74) is 1.95. The second-order valence-electron chi connectivity index (χ2n) is 2.89. The van der Waals surface area contributed by atoms with Gasteiger partial charge in [0.05, 0.1) is 6.61 Å². The van der Waals surface area contributed by atoms with Gasteiger partial charge in [0.25, 0.3) is 0 Å². The summed E-state index contributed by atoms with van der Waals surface area (Å²) in [6.07, 6.45) is 1.78. The summed E-state index contributed by atoms with van der Waals surface area (Å²) in [5.74, 6) is 0.0720. The molecule has 0 amide bonds. The van der Waals surface area contributed by atoms with E-state index in [9.17, 15) is 0 Å². The Morgan fingerprint density at radius 3 is 2.69 bits per heavy atom. The minimum absolute atomic E-state index is 0.0519. The highest BCUT2D eigenvalue weighted by molar-refractivity contribution is 9.10. The molecule has 1 aromatic carbocycles. The molecule has 0 heterocycles. The summed E-state index contributed by atoms with van der Waals surface area (Å²) < 4.78 is 0.963. The molecule has 1 rings (SSSR count). The van der Waals surface area contributed by atoms with E-state index in [-0.39, 0.29) is 12.5 Å². The number of aliphatic hydroxyl groups excluding tert-OH is 1. The summed E-state index contributed by atoms with van der Waals surface area (Å²) in [6.45, 7) is 7.66. The fourth-order valence-corrected chi connectivity index (χ4v) is 1.68. The predicted octanol–water partition coefficient (Wildman–Crippen LogP) is 3.05. The molecule has 2 heteroatoms. The summed E-state index contributed by atoms with van der Waals surface area (Å²) in [7, 11) is 0. The maximum Gasteiger partial charge on any atom is 0.0682 e. The van der Waals surface area contributed by atoms with Crippen molar-refractivity contribution in [3.63, 3.8) is 0 Å². The van der Waals surface area contributed by atoms with Crippen LogP contribution in [0.1, 0.15) is 17.0 Å². The molecule has 69 valence electrons. The first-order chi connectivity index (χ1) is 6.17. The molecule has 1 radical (unpaired) electrons. The van der Waals surface area contributed by atoms with Crippen LogP contribution in [0, 0.1) is 6.92 Å². The lowest BCUT2D eigenvalue weighted by Gasteiger charge is -2.08. The van der Waals surface area contributed by atoms with Crippen molar-refractivity contribution >= 4 is 15.9 Å². The zero-order valence-electron chi connectivity index (χ0n) is 7.33. The maximum absolute atomic E-state index is 8.97. The number of halogens is 1. The summed E-state index contributed by atoms with van der Waals surface area (Å²) >= 11 is 3.38. The molecule has 0 saturated heterocycles. The third kappa shape index (κ3) is 2.68. The van der Waals surface area contributed by atoms with E-state index in [1.807, 2.05) is 18.2 Å². The fraction of sp³-hybridized carbons (Fsp3) is 0.182. The predicted molar refractivity (Wildman–Crippen MR) is 58.4 cm³/mol. The van der Waals surface area contributed by atoms with Gasteiger partial charge in [0.2, 0.25) is 0 Å². The third-order valence-corrected chi connectivity index (χ3v) is 2.33. The molecule has 0 aliphatic heterocycles. The standard InChI is InChI=1S/C11H12BrO/c1-3-8(2)10-4-9(7-13)5-11(12)6-10/h3-6,8,13H,1-2,7H2. The Morgan fingerprint density at radius 2 is 2.15 bits per heavy atom. The molecular weight excluding hydrogens is 228 g/mol. The van der Waals surface area contributed by atoms with E-state index in [1.165, 1.54) is 0 Å². The minimum Gasteiger partial charge on any atom is -0.392 e. The van der Waals surface area contributed by atoms with Gasteiger partial charge in [-0.05, 0) is 30.2 Å². The molecule has 0 aliphatic carbocycles. The Bertz CT molecular complexity index is 307. The van der Waals surface area contributed by atoms with E-state index in [1.54, 1.807) is 6.08 Å². The number of rotatable bonds is 3. The van der Waals surface area contributed by atoms with Gasteiger partial charge in [-0.3, -0.25) is 0 Å². The van der Waals surface area contributed by atoms with Crippen LogP contribution in [0.4, 0.5) is 0 Å². The van der Waals surface area contributed by atoms with Gasteiger partial charge < -0.3 is 5.11 Å². The lowest BCUT2D eigenvalue weighted by atomic mass is 9.99. The third-order valence-electron chi connectivity index (χ3n) is 1.88. The quantitative estimate of drug-likeness (QED) is 0.805. The summed E-state index contributed by atoms with van der Waals surface area (Å²) in [5, 5.41) is 8.97. The van der Waals surface area contributed by atoms with E-state index in [4.69, 9.17) is 5.11 Å². The fourth-order valence-electron chi connectivity index (χ4n) is 1.12. The highest BCUT2D eigenvalue weighted by Gasteiger charge is 2.03. The zero-order valence-corrected chi connectivity index (χ0v) is 8.92. The molecule has 0 aromatic heterocycles. The largest absolute Gasteiger partial charge is 0.392 e. The van der Waals surface area contributed by atoms with Crippen LogP contribution < -0.4 is 0 Å². The highest BCUT2D eigenvalue weighted by atomic mass is 79.9. The van der Waals surface area contributed by atoms with Gasteiger partial charge in [-0.1, -0.05) is 28.1 Å². The van der Waals surface area contributed by atoms with Crippen molar-refractivity contribution in [2.75, 3.05) is 0 Å². The van der Waals surface area contributed by atoms with Crippen molar-refractivity contribution in [3.8, 4) is 0 Å². The minimum atomic E-state index is 0.0519. The number of benzene rings is 1. The van der Waals surface area contributed by atoms with Crippen LogP contribution in [-0.4, -0.2) is 5.11 Å². The van der Waals surface area contributed by atoms with Crippen molar-refractivity contribution < 1.29 is 5.11 Å². The zero-order chi connectivity index (χ0) is 9.84. The number of aliphatic hydroxyl groups is 1. The summed E-state index contributed by atoms with van der Waals surface area (Å²) in [4.78, 5) is 0. The second kappa shape index (κ2) is 4.58. The van der Waals surface area contributed by atoms with E-state index in [0.29, 0.717) is 0 Å². The van der Waals surface area contributed by atoms with Gasteiger partial charge >= 0.3 is 0 Å². The van der Waals surface area contributed by atoms with Crippen molar-refractivity contribution in [1.29, 1.82) is 0 Å². The van der Waals surface area contributed by atoms with E-state index < -0.39 is 0 Å². The topological polar surface area (TPSA) is 20.2 Å². The molecule has 1 nitrogen and oxygen atoms in total. The smallest absolute Gasteiger partial charge is 0.0682 e. The number of hydrogen-bond donors (Lipinski definition) is 1. The van der Waals surface area contributed by atoms with Crippen LogP contribution in [-0.2, 0) is 6.61 Å². The molecule has 0 bridgehead atoms. The molecule has 0 aliphatic rings. The first-order valence-electron chi connectivity index (χ1n) is 4.03. The first-order valence-corrected chi connectivity index (χ1v) is 4.82. The maximum atomic E-state index is 8.97. The number of hydrogen-bond acceptors (Lipinski definition) is 1. The Balaban J connectivity index is 3.07. The summed E-state index contributed by atoms with van der Waals surface area (Å²) in [6, 6.07) is 5.81. The Labute approximate surface area is 87.2 Å². The van der Waals surface area contributed by atoms with Gasteiger partial charge in [-0.15, -0.1) is 6.58 Å². The first kappa shape index (κ1) is 10.5. The van der Waals surface area contributed by atoms with Crippen LogP contribution in [0.3, 0.4) is 0 Å². The van der Waals surface area contributed by atoms with Gasteiger partial charge in [0.15, 0.2) is 0 Å². The Morgan fingerprint density at radius 1 is 1.46 bits per heavy atom. The van der Waals surface area contributed by atoms with Crippen LogP contribution in [0.15, 0.2) is 35.3 Å². The van der Waals surface area contributed by atoms with Gasteiger partial charge in [-0.2, -0.15) is 0 Å². The lowest BCUT2D eigenvalue weighted by molar-refractivity contribution is 0.281. The molecule has 0 saturated carbocycles. The normalized spacial score (nSPS) is 12.5. The van der Waals surface area contributed by atoms with Gasteiger partial charge in [0.1, 0.15) is 0 Å².